The molecular weight excluding hydrogens is 300 g/mol. The molecule has 0 aliphatic heterocycles. The van der Waals surface area contributed by atoms with Crippen molar-refractivity contribution in [1.82, 2.24) is 10.2 Å². The smallest absolute Gasteiger partial charge is 0.319 e. The van der Waals surface area contributed by atoms with E-state index in [-0.39, 0.29) is 6.03 Å². The molecule has 0 aromatic heterocycles. The van der Waals surface area contributed by atoms with Crippen molar-refractivity contribution in [1.29, 1.82) is 0 Å². The van der Waals surface area contributed by atoms with Gasteiger partial charge in [0.25, 0.3) is 0 Å². The minimum atomic E-state index is -0.145. The van der Waals surface area contributed by atoms with Gasteiger partial charge in [0.2, 0.25) is 0 Å². The highest BCUT2D eigenvalue weighted by atomic mass is 16.2. The quantitative estimate of drug-likeness (QED) is 0.725. The molecule has 5 heteroatoms. The molecule has 0 aliphatic carbocycles. The van der Waals surface area contributed by atoms with Gasteiger partial charge in [-0.25, -0.2) is 4.79 Å². The summed E-state index contributed by atoms with van der Waals surface area (Å²) in [5, 5.41) is 5.93. The van der Waals surface area contributed by atoms with Crippen molar-refractivity contribution in [2.24, 2.45) is 5.92 Å². The van der Waals surface area contributed by atoms with E-state index in [4.69, 9.17) is 0 Å². The predicted molar refractivity (Wildman–Crippen MR) is 104 cm³/mol. The standard InChI is InChI=1S/C19H34N4O/c1-7-23(8-2)18(13-15(3)4)14-20-19(24)21-16-9-11-17(12-10-16)22(5)6/h9-12,15,18H,7-8,13-14H2,1-6H3,(H2,20,21,24). The Morgan fingerprint density at radius 2 is 1.67 bits per heavy atom. The van der Waals surface area contributed by atoms with E-state index in [2.05, 4.69) is 43.2 Å². The molecule has 2 amide bonds. The van der Waals surface area contributed by atoms with Crippen molar-refractivity contribution < 1.29 is 4.79 Å². The van der Waals surface area contributed by atoms with Crippen molar-refractivity contribution in [3.63, 3.8) is 0 Å². The maximum Gasteiger partial charge on any atom is 0.319 e. The Kier molecular flexibility index (Phi) is 8.61. The van der Waals surface area contributed by atoms with Gasteiger partial charge in [-0.2, -0.15) is 0 Å². The third kappa shape index (κ3) is 6.79. The lowest BCUT2D eigenvalue weighted by atomic mass is 10.0. The third-order valence-corrected chi connectivity index (χ3v) is 4.21. The number of carbonyl (C=O) groups is 1. The van der Waals surface area contributed by atoms with Gasteiger partial charge in [-0.15, -0.1) is 0 Å². The van der Waals surface area contributed by atoms with Crippen molar-refractivity contribution in [3.8, 4) is 0 Å². The molecule has 0 spiro atoms. The molecule has 0 aliphatic rings. The normalized spacial score (nSPS) is 12.3. The zero-order valence-electron chi connectivity index (χ0n) is 16.1. The van der Waals surface area contributed by atoms with Crippen molar-refractivity contribution >= 4 is 17.4 Å². The first-order chi connectivity index (χ1) is 11.4. The fourth-order valence-corrected chi connectivity index (χ4v) is 2.87. The Morgan fingerprint density at radius 3 is 2.12 bits per heavy atom. The van der Waals surface area contributed by atoms with Crippen LogP contribution in [0.25, 0.3) is 0 Å². The molecule has 136 valence electrons. The molecule has 0 radical (unpaired) electrons. The zero-order chi connectivity index (χ0) is 18.1. The van der Waals surface area contributed by atoms with Gasteiger partial charge in [0.05, 0.1) is 0 Å². The van der Waals surface area contributed by atoms with E-state index in [1.54, 1.807) is 0 Å². The molecule has 1 aromatic rings. The number of urea groups is 1. The van der Waals surface area contributed by atoms with Crippen LogP contribution in [-0.2, 0) is 0 Å². The Balaban J connectivity index is 2.55. The summed E-state index contributed by atoms with van der Waals surface area (Å²) in [7, 11) is 3.99. The fraction of sp³-hybridized carbons (Fsp3) is 0.632. The summed E-state index contributed by atoms with van der Waals surface area (Å²) < 4.78 is 0. The molecule has 0 saturated heterocycles. The number of amides is 2. The Morgan fingerprint density at radius 1 is 1.08 bits per heavy atom. The molecule has 0 saturated carbocycles. The molecular formula is C19H34N4O. The van der Waals surface area contributed by atoms with Crippen LogP contribution >= 0.6 is 0 Å². The van der Waals surface area contributed by atoms with Gasteiger partial charge in [-0.3, -0.25) is 4.90 Å². The van der Waals surface area contributed by atoms with Gasteiger partial charge in [-0.05, 0) is 49.7 Å². The molecule has 0 fully saturated rings. The lowest BCUT2D eigenvalue weighted by Crippen LogP contribution is -2.45. The van der Waals surface area contributed by atoms with Crippen LogP contribution < -0.4 is 15.5 Å². The van der Waals surface area contributed by atoms with E-state index in [1.807, 2.05) is 43.3 Å². The molecule has 1 aromatic carbocycles. The molecule has 24 heavy (non-hydrogen) atoms. The SMILES string of the molecule is CCN(CC)C(CNC(=O)Nc1ccc(N(C)C)cc1)CC(C)C. The molecule has 1 atom stereocenters. The van der Waals surface area contributed by atoms with Gasteiger partial charge >= 0.3 is 6.03 Å². The fourth-order valence-electron chi connectivity index (χ4n) is 2.87. The zero-order valence-corrected chi connectivity index (χ0v) is 16.1. The molecule has 1 unspecified atom stereocenters. The van der Waals surface area contributed by atoms with E-state index in [9.17, 15) is 4.79 Å². The van der Waals surface area contributed by atoms with E-state index in [1.165, 1.54) is 0 Å². The van der Waals surface area contributed by atoms with Crippen LogP contribution in [0, 0.1) is 5.92 Å². The lowest BCUT2D eigenvalue weighted by molar-refractivity contribution is 0.186. The Bertz CT molecular complexity index is 481. The first-order valence-electron chi connectivity index (χ1n) is 8.93. The lowest BCUT2D eigenvalue weighted by Gasteiger charge is -2.31. The molecule has 2 N–H and O–H groups in total. The third-order valence-electron chi connectivity index (χ3n) is 4.21. The summed E-state index contributed by atoms with van der Waals surface area (Å²) in [5.74, 6) is 0.610. The van der Waals surface area contributed by atoms with E-state index >= 15 is 0 Å². The number of anilines is 2. The van der Waals surface area contributed by atoms with Gasteiger partial charge in [0.1, 0.15) is 0 Å². The monoisotopic (exact) mass is 334 g/mol. The molecule has 1 rings (SSSR count). The van der Waals surface area contributed by atoms with Crippen LogP contribution in [-0.4, -0.2) is 50.7 Å². The number of nitrogens with zero attached hydrogens (tertiary/aromatic N) is 2. The van der Waals surface area contributed by atoms with Gasteiger partial charge in [0.15, 0.2) is 0 Å². The minimum Gasteiger partial charge on any atom is -0.378 e. The summed E-state index contributed by atoms with van der Waals surface area (Å²) in [6.45, 7) is 11.5. The molecule has 5 nitrogen and oxygen atoms in total. The maximum atomic E-state index is 12.2. The van der Waals surface area contributed by atoms with Crippen LogP contribution in [0.1, 0.15) is 34.1 Å². The second-order valence-electron chi connectivity index (χ2n) is 6.78. The van der Waals surface area contributed by atoms with Crippen LogP contribution in [0.5, 0.6) is 0 Å². The maximum absolute atomic E-state index is 12.2. The van der Waals surface area contributed by atoms with Gasteiger partial charge < -0.3 is 15.5 Å². The number of benzene rings is 1. The number of hydrogen-bond donors (Lipinski definition) is 2. The number of nitrogens with one attached hydrogen (secondary N) is 2. The molecule has 0 bridgehead atoms. The second-order valence-corrected chi connectivity index (χ2v) is 6.78. The summed E-state index contributed by atoms with van der Waals surface area (Å²) in [6.07, 6.45) is 1.08. The van der Waals surface area contributed by atoms with E-state index in [0.29, 0.717) is 18.5 Å². The summed E-state index contributed by atoms with van der Waals surface area (Å²) in [4.78, 5) is 16.6. The predicted octanol–water partition coefficient (Wildman–Crippen LogP) is 3.63. The van der Waals surface area contributed by atoms with Crippen LogP contribution in [0.4, 0.5) is 16.2 Å². The minimum absolute atomic E-state index is 0.145. The Hall–Kier alpha value is -1.75. The van der Waals surface area contributed by atoms with Crippen LogP contribution in [0.15, 0.2) is 24.3 Å². The van der Waals surface area contributed by atoms with Crippen LogP contribution in [0.3, 0.4) is 0 Å². The number of likely N-dealkylation sites (N-methyl/N-ethyl adjacent to an activating group) is 1. The average Bonchev–Trinajstić information content (AvgIpc) is 2.53. The highest BCUT2D eigenvalue weighted by Gasteiger charge is 2.18. The summed E-state index contributed by atoms with van der Waals surface area (Å²) in [5.41, 5.74) is 1.92. The topological polar surface area (TPSA) is 47.6 Å². The number of carbonyl (C=O) groups excluding carboxylic acids is 1. The van der Waals surface area contributed by atoms with Gasteiger partial charge in [-0.1, -0.05) is 27.7 Å². The first kappa shape index (κ1) is 20.3. The van der Waals surface area contributed by atoms with Gasteiger partial charge in [0, 0.05) is 38.1 Å². The number of hydrogen-bond acceptors (Lipinski definition) is 3. The van der Waals surface area contributed by atoms with Crippen molar-refractivity contribution in [2.75, 3.05) is 43.9 Å². The second kappa shape index (κ2) is 10.2. The molecule has 0 heterocycles. The summed E-state index contributed by atoms with van der Waals surface area (Å²) >= 11 is 0. The number of rotatable bonds is 9. The van der Waals surface area contributed by atoms with Crippen molar-refractivity contribution in [2.45, 2.75) is 40.2 Å². The van der Waals surface area contributed by atoms with E-state index in [0.717, 1.165) is 30.9 Å². The van der Waals surface area contributed by atoms with Crippen LogP contribution in [0.2, 0.25) is 0 Å². The average molecular weight is 335 g/mol. The Labute approximate surface area is 147 Å². The van der Waals surface area contributed by atoms with E-state index < -0.39 is 0 Å². The largest absolute Gasteiger partial charge is 0.378 e. The summed E-state index contributed by atoms with van der Waals surface area (Å²) in [6, 6.07) is 8.06. The first-order valence-corrected chi connectivity index (χ1v) is 8.93. The highest BCUT2D eigenvalue weighted by Crippen LogP contribution is 2.15. The van der Waals surface area contributed by atoms with Crippen molar-refractivity contribution in [3.05, 3.63) is 24.3 Å². The highest BCUT2D eigenvalue weighted by molar-refractivity contribution is 5.89.